The first-order valence-corrected chi connectivity index (χ1v) is 9.05. The maximum Gasteiger partial charge on any atom is -0.0233 e. The van der Waals surface area contributed by atoms with E-state index in [1.54, 1.807) is 0 Å². The molecule has 0 aliphatic rings. The van der Waals surface area contributed by atoms with Crippen LogP contribution in [0.1, 0.15) is 62.3 Å². The minimum atomic E-state index is 1.12. The van der Waals surface area contributed by atoms with Crippen molar-refractivity contribution in [2.24, 2.45) is 0 Å². The van der Waals surface area contributed by atoms with E-state index in [-0.39, 0.29) is 0 Å². The monoisotopic (exact) mass is 320 g/mol. The number of benzene rings is 2. The van der Waals surface area contributed by atoms with Gasteiger partial charge in [0, 0.05) is 0 Å². The SMILES string of the molecule is C=C(C)c1ccc(/C=C/CCC)cc1.CCCc1ccccc1C. The Morgan fingerprint density at radius 2 is 1.62 bits per heavy atom. The van der Waals surface area contributed by atoms with Gasteiger partial charge in [0.05, 0.1) is 0 Å². The molecule has 0 aliphatic carbocycles. The molecule has 0 N–H and O–H groups in total. The smallest absolute Gasteiger partial charge is 0.0233 e. The number of unbranched alkanes of at least 4 members (excludes halogenated alkanes) is 1. The first kappa shape index (κ1) is 20.0. The van der Waals surface area contributed by atoms with Crippen LogP contribution in [0.15, 0.2) is 61.2 Å². The number of hydrogen-bond acceptors (Lipinski definition) is 0. The van der Waals surface area contributed by atoms with Crippen LogP contribution in [0.2, 0.25) is 0 Å². The molecule has 0 nitrogen and oxygen atoms in total. The second-order valence-corrected chi connectivity index (χ2v) is 6.27. The number of allylic oxidation sites excluding steroid dienone is 2. The standard InChI is InChI=1S/C14H18.C10H14/c1-4-5-6-7-13-8-10-14(11-9-13)12(2)3;1-3-6-10-8-5-4-7-9(10)2/h6-11H,2,4-5H2,1,3H3;4-5,7-8H,3,6H2,1-2H3/b7-6+;. The van der Waals surface area contributed by atoms with Crippen molar-refractivity contribution in [2.75, 3.05) is 0 Å². The van der Waals surface area contributed by atoms with E-state index < -0.39 is 0 Å². The molecular formula is C24H32. The molecule has 0 radical (unpaired) electrons. The normalized spacial score (nSPS) is 10.3. The lowest BCUT2D eigenvalue weighted by Gasteiger charge is -2.01. The van der Waals surface area contributed by atoms with Crippen LogP contribution < -0.4 is 0 Å². The second-order valence-electron chi connectivity index (χ2n) is 6.27. The van der Waals surface area contributed by atoms with E-state index in [1.807, 2.05) is 6.92 Å². The maximum absolute atomic E-state index is 3.91. The summed E-state index contributed by atoms with van der Waals surface area (Å²) in [7, 11) is 0. The molecule has 0 heterocycles. The molecule has 2 aromatic carbocycles. The Morgan fingerprint density at radius 3 is 2.17 bits per heavy atom. The summed E-state index contributed by atoms with van der Waals surface area (Å²) in [6.07, 6.45) is 9.21. The zero-order chi connectivity index (χ0) is 17.8. The average Bonchev–Trinajstić information content (AvgIpc) is 2.58. The Balaban J connectivity index is 0.000000254. The van der Waals surface area contributed by atoms with Crippen molar-refractivity contribution in [3.63, 3.8) is 0 Å². The largest absolute Gasteiger partial charge is 0.0955 e. The molecule has 0 aliphatic heterocycles. The van der Waals surface area contributed by atoms with Gasteiger partial charge in [-0.1, -0.05) is 99.5 Å². The second kappa shape index (κ2) is 11.5. The zero-order valence-corrected chi connectivity index (χ0v) is 15.8. The van der Waals surface area contributed by atoms with Gasteiger partial charge >= 0.3 is 0 Å². The Hall–Kier alpha value is -2.08. The molecule has 0 saturated heterocycles. The first-order valence-electron chi connectivity index (χ1n) is 9.05. The van der Waals surface area contributed by atoms with Gasteiger partial charge in [-0.3, -0.25) is 0 Å². The maximum atomic E-state index is 3.91. The lowest BCUT2D eigenvalue weighted by atomic mass is 10.1. The van der Waals surface area contributed by atoms with Gasteiger partial charge < -0.3 is 0 Å². The Labute approximate surface area is 148 Å². The fourth-order valence-electron chi connectivity index (χ4n) is 2.42. The number of aryl methyl sites for hydroxylation is 2. The lowest BCUT2D eigenvalue weighted by molar-refractivity contribution is 0.913. The molecule has 2 rings (SSSR count). The van der Waals surface area contributed by atoms with Gasteiger partial charge in [-0.05, 0) is 48.9 Å². The molecule has 0 saturated carbocycles. The average molecular weight is 321 g/mol. The third-order valence-corrected chi connectivity index (χ3v) is 3.95. The van der Waals surface area contributed by atoms with Gasteiger partial charge in [0.2, 0.25) is 0 Å². The molecule has 2 aromatic rings. The van der Waals surface area contributed by atoms with E-state index >= 15 is 0 Å². The van der Waals surface area contributed by atoms with Crippen LogP contribution >= 0.6 is 0 Å². The van der Waals surface area contributed by atoms with Gasteiger partial charge in [0.15, 0.2) is 0 Å². The minimum absolute atomic E-state index is 1.12. The predicted octanol–water partition coefficient (Wildman–Crippen LogP) is 7.48. The van der Waals surface area contributed by atoms with Gasteiger partial charge in [0.25, 0.3) is 0 Å². The van der Waals surface area contributed by atoms with Gasteiger partial charge in [-0.2, -0.15) is 0 Å². The molecule has 0 fully saturated rings. The molecule has 0 amide bonds. The van der Waals surface area contributed by atoms with Crippen LogP contribution in [0.5, 0.6) is 0 Å². The summed E-state index contributed by atoms with van der Waals surface area (Å²) in [6.45, 7) is 12.5. The third kappa shape index (κ3) is 7.46. The van der Waals surface area contributed by atoms with Crippen molar-refractivity contribution in [1.29, 1.82) is 0 Å². The summed E-state index contributed by atoms with van der Waals surface area (Å²) >= 11 is 0. The lowest BCUT2D eigenvalue weighted by Crippen LogP contribution is -1.85. The summed E-state index contributed by atoms with van der Waals surface area (Å²) in [5.74, 6) is 0. The van der Waals surface area contributed by atoms with Crippen molar-refractivity contribution in [3.8, 4) is 0 Å². The predicted molar refractivity (Wildman–Crippen MR) is 110 cm³/mol. The van der Waals surface area contributed by atoms with E-state index in [4.69, 9.17) is 0 Å². The van der Waals surface area contributed by atoms with E-state index in [1.165, 1.54) is 41.5 Å². The van der Waals surface area contributed by atoms with Crippen LogP contribution in [0, 0.1) is 6.92 Å². The summed E-state index contributed by atoms with van der Waals surface area (Å²) in [5.41, 5.74) is 6.52. The third-order valence-electron chi connectivity index (χ3n) is 3.95. The summed E-state index contributed by atoms with van der Waals surface area (Å²) in [4.78, 5) is 0. The van der Waals surface area contributed by atoms with E-state index in [0.29, 0.717) is 0 Å². The quantitative estimate of drug-likeness (QED) is 0.517. The Morgan fingerprint density at radius 1 is 0.958 bits per heavy atom. The van der Waals surface area contributed by atoms with Crippen LogP contribution in [0.4, 0.5) is 0 Å². The van der Waals surface area contributed by atoms with Crippen molar-refractivity contribution in [3.05, 3.63) is 83.4 Å². The molecule has 0 bridgehead atoms. The number of rotatable bonds is 6. The topological polar surface area (TPSA) is 0 Å². The molecule has 0 atom stereocenters. The zero-order valence-electron chi connectivity index (χ0n) is 15.8. The minimum Gasteiger partial charge on any atom is -0.0955 e. The van der Waals surface area contributed by atoms with Crippen LogP contribution in [-0.2, 0) is 6.42 Å². The highest BCUT2D eigenvalue weighted by Gasteiger charge is 1.93. The van der Waals surface area contributed by atoms with E-state index in [2.05, 4.69) is 88.0 Å². The Bertz CT molecular complexity index is 629. The summed E-state index contributed by atoms with van der Waals surface area (Å²) in [6, 6.07) is 17.1. The highest BCUT2D eigenvalue weighted by Crippen LogP contribution is 2.13. The highest BCUT2D eigenvalue weighted by atomic mass is 14.0. The Kier molecular flexibility index (Phi) is 9.53. The molecule has 128 valence electrons. The molecule has 0 unspecified atom stereocenters. The number of hydrogen-bond donors (Lipinski definition) is 0. The molecule has 24 heavy (non-hydrogen) atoms. The van der Waals surface area contributed by atoms with Crippen LogP contribution in [0.25, 0.3) is 11.6 Å². The fourth-order valence-corrected chi connectivity index (χ4v) is 2.42. The highest BCUT2D eigenvalue weighted by molar-refractivity contribution is 5.63. The van der Waals surface area contributed by atoms with Gasteiger partial charge in [-0.15, -0.1) is 0 Å². The summed E-state index contributed by atoms with van der Waals surface area (Å²) < 4.78 is 0. The van der Waals surface area contributed by atoms with Gasteiger partial charge in [-0.25, -0.2) is 0 Å². The van der Waals surface area contributed by atoms with Crippen molar-refractivity contribution >= 4 is 11.6 Å². The molecular weight excluding hydrogens is 288 g/mol. The van der Waals surface area contributed by atoms with E-state index in [0.717, 1.165) is 12.0 Å². The fraction of sp³-hybridized carbons (Fsp3) is 0.333. The van der Waals surface area contributed by atoms with Gasteiger partial charge in [0.1, 0.15) is 0 Å². The molecule has 0 spiro atoms. The summed E-state index contributed by atoms with van der Waals surface area (Å²) in [5, 5.41) is 0. The van der Waals surface area contributed by atoms with Crippen molar-refractivity contribution in [2.45, 2.75) is 53.4 Å². The van der Waals surface area contributed by atoms with Crippen molar-refractivity contribution < 1.29 is 0 Å². The van der Waals surface area contributed by atoms with Crippen molar-refractivity contribution in [1.82, 2.24) is 0 Å². The van der Waals surface area contributed by atoms with E-state index in [9.17, 15) is 0 Å². The van der Waals surface area contributed by atoms with Crippen LogP contribution in [-0.4, -0.2) is 0 Å². The molecule has 0 aromatic heterocycles. The first-order chi connectivity index (χ1) is 11.6. The van der Waals surface area contributed by atoms with Crippen LogP contribution in [0.3, 0.4) is 0 Å². The molecule has 0 heteroatoms.